The summed E-state index contributed by atoms with van der Waals surface area (Å²) in [6.45, 7) is 5.43. The first kappa shape index (κ1) is 13.3. The van der Waals surface area contributed by atoms with Gasteiger partial charge in [-0.25, -0.2) is 9.18 Å². The van der Waals surface area contributed by atoms with Gasteiger partial charge in [0.15, 0.2) is 0 Å². The molecule has 1 aromatic carbocycles. The number of piperazine rings is 1. The Bertz CT molecular complexity index is 467. The molecular formula is C14H19FN4O. The highest BCUT2D eigenvalue weighted by Crippen LogP contribution is 2.12. The molecule has 108 valence electrons. The van der Waals surface area contributed by atoms with Gasteiger partial charge in [0.25, 0.3) is 0 Å². The Hall–Kier alpha value is -1.66. The molecule has 3 rings (SSSR count). The molecule has 0 radical (unpaired) electrons. The molecule has 1 aromatic rings. The van der Waals surface area contributed by atoms with Crippen LogP contribution in [0.4, 0.5) is 14.9 Å². The van der Waals surface area contributed by atoms with Gasteiger partial charge in [-0.05, 0) is 24.3 Å². The summed E-state index contributed by atoms with van der Waals surface area (Å²) in [7, 11) is 0. The number of rotatable bonds is 2. The molecule has 2 saturated heterocycles. The van der Waals surface area contributed by atoms with E-state index in [0.717, 1.165) is 39.3 Å². The predicted octanol–water partition coefficient (Wildman–Crippen LogP) is 0.947. The van der Waals surface area contributed by atoms with Crippen LogP contribution in [0.2, 0.25) is 0 Å². The van der Waals surface area contributed by atoms with E-state index >= 15 is 0 Å². The number of nitrogens with one attached hydrogen (secondary N) is 2. The second-order valence-corrected chi connectivity index (χ2v) is 5.27. The maximum atomic E-state index is 12.8. The Labute approximate surface area is 117 Å². The number of hydrogen-bond donors (Lipinski definition) is 2. The number of anilines is 1. The van der Waals surface area contributed by atoms with E-state index in [4.69, 9.17) is 0 Å². The summed E-state index contributed by atoms with van der Waals surface area (Å²) in [4.78, 5) is 16.3. The molecule has 0 atom stereocenters. The molecule has 2 amide bonds. The summed E-state index contributed by atoms with van der Waals surface area (Å²) >= 11 is 0. The van der Waals surface area contributed by atoms with Crippen LogP contribution in [0.25, 0.3) is 0 Å². The molecule has 0 aliphatic carbocycles. The van der Waals surface area contributed by atoms with Crippen LogP contribution in [0.3, 0.4) is 0 Å². The summed E-state index contributed by atoms with van der Waals surface area (Å²) in [6.07, 6.45) is 0. The zero-order valence-corrected chi connectivity index (χ0v) is 11.3. The van der Waals surface area contributed by atoms with Gasteiger partial charge in [0.2, 0.25) is 0 Å². The van der Waals surface area contributed by atoms with Crippen molar-refractivity contribution in [3.8, 4) is 0 Å². The largest absolute Gasteiger partial charge is 0.322 e. The smallest absolute Gasteiger partial charge is 0.321 e. The van der Waals surface area contributed by atoms with Gasteiger partial charge in [-0.3, -0.25) is 4.90 Å². The SMILES string of the molecule is O=C(Nc1ccc(F)cc1)N1CCN(C2CNC2)CC1. The number of carbonyl (C=O) groups excluding carboxylic acids is 1. The van der Waals surface area contributed by atoms with Crippen LogP contribution in [-0.2, 0) is 0 Å². The third-order valence-corrected chi connectivity index (χ3v) is 3.97. The quantitative estimate of drug-likeness (QED) is 0.846. The number of amides is 2. The minimum absolute atomic E-state index is 0.108. The van der Waals surface area contributed by atoms with Crippen LogP contribution in [0, 0.1) is 5.82 Å². The fourth-order valence-corrected chi connectivity index (χ4v) is 2.56. The number of benzene rings is 1. The average Bonchev–Trinajstić information content (AvgIpc) is 2.40. The normalized spacial score (nSPS) is 20.6. The van der Waals surface area contributed by atoms with Crippen molar-refractivity contribution >= 4 is 11.7 Å². The lowest BCUT2D eigenvalue weighted by Gasteiger charge is -2.43. The molecule has 0 spiro atoms. The molecule has 5 nitrogen and oxygen atoms in total. The maximum Gasteiger partial charge on any atom is 0.321 e. The second kappa shape index (κ2) is 5.76. The first-order chi connectivity index (χ1) is 9.72. The Morgan fingerprint density at radius 1 is 1.15 bits per heavy atom. The van der Waals surface area contributed by atoms with Crippen molar-refractivity contribution in [2.24, 2.45) is 0 Å². The second-order valence-electron chi connectivity index (χ2n) is 5.27. The molecule has 0 unspecified atom stereocenters. The van der Waals surface area contributed by atoms with E-state index in [1.165, 1.54) is 12.1 Å². The van der Waals surface area contributed by atoms with Crippen LogP contribution in [-0.4, -0.2) is 61.1 Å². The summed E-state index contributed by atoms with van der Waals surface area (Å²) in [5.41, 5.74) is 0.627. The molecule has 0 saturated carbocycles. The number of urea groups is 1. The lowest BCUT2D eigenvalue weighted by atomic mass is 10.1. The number of nitrogens with zero attached hydrogens (tertiary/aromatic N) is 2. The Balaban J connectivity index is 1.49. The Kier molecular flexibility index (Phi) is 3.84. The van der Waals surface area contributed by atoms with Crippen molar-refractivity contribution in [3.63, 3.8) is 0 Å². The van der Waals surface area contributed by atoms with Gasteiger partial charge in [-0.2, -0.15) is 0 Å². The fraction of sp³-hybridized carbons (Fsp3) is 0.500. The summed E-state index contributed by atoms with van der Waals surface area (Å²) in [5.74, 6) is -0.300. The van der Waals surface area contributed by atoms with E-state index in [1.54, 1.807) is 12.1 Å². The molecule has 2 aliphatic heterocycles. The van der Waals surface area contributed by atoms with Crippen LogP contribution in [0.5, 0.6) is 0 Å². The molecule has 2 fully saturated rings. The number of halogens is 1. The van der Waals surface area contributed by atoms with Crippen LogP contribution in [0.1, 0.15) is 0 Å². The molecule has 2 aliphatic rings. The highest BCUT2D eigenvalue weighted by Gasteiger charge is 2.29. The van der Waals surface area contributed by atoms with Crippen LogP contribution < -0.4 is 10.6 Å². The fourth-order valence-electron chi connectivity index (χ4n) is 2.56. The van der Waals surface area contributed by atoms with Gasteiger partial charge in [-0.15, -0.1) is 0 Å². The topological polar surface area (TPSA) is 47.6 Å². The van der Waals surface area contributed by atoms with E-state index < -0.39 is 0 Å². The monoisotopic (exact) mass is 278 g/mol. The lowest BCUT2D eigenvalue weighted by molar-refractivity contribution is 0.0878. The van der Waals surface area contributed by atoms with Gasteiger partial charge in [0, 0.05) is 51.0 Å². The molecule has 6 heteroatoms. The Morgan fingerprint density at radius 3 is 2.35 bits per heavy atom. The lowest BCUT2D eigenvalue weighted by Crippen LogP contribution is -2.62. The number of carbonyl (C=O) groups is 1. The highest BCUT2D eigenvalue weighted by atomic mass is 19.1. The minimum atomic E-state index is -0.300. The molecule has 0 bridgehead atoms. The highest BCUT2D eigenvalue weighted by molar-refractivity contribution is 5.89. The van der Waals surface area contributed by atoms with Gasteiger partial charge < -0.3 is 15.5 Å². The summed E-state index contributed by atoms with van der Waals surface area (Å²) < 4.78 is 12.8. The Morgan fingerprint density at radius 2 is 1.80 bits per heavy atom. The van der Waals surface area contributed by atoms with Crippen molar-refractivity contribution in [3.05, 3.63) is 30.1 Å². The zero-order chi connectivity index (χ0) is 13.9. The van der Waals surface area contributed by atoms with Gasteiger partial charge in [-0.1, -0.05) is 0 Å². The summed E-state index contributed by atoms with van der Waals surface area (Å²) in [5, 5.41) is 6.06. The van der Waals surface area contributed by atoms with Gasteiger partial charge in [0.1, 0.15) is 5.82 Å². The van der Waals surface area contributed by atoms with E-state index in [1.807, 2.05) is 4.90 Å². The molecule has 20 heavy (non-hydrogen) atoms. The predicted molar refractivity (Wildman–Crippen MR) is 75.2 cm³/mol. The standard InChI is InChI=1S/C14H19FN4O/c15-11-1-3-12(4-2-11)17-14(20)19-7-5-18(6-8-19)13-9-16-10-13/h1-4,13,16H,5-10H2,(H,17,20). The first-order valence-corrected chi connectivity index (χ1v) is 6.98. The van der Waals surface area contributed by atoms with Gasteiger partial charge >= 0.3 is 6.03 Å². The average molecular weight is 278 g/mol. The third kappa shape index (κ3) is 2.91. The third-order valence-electron chi connectivity index (χ3n) is 3.97. The molecular weight excluding hydrogens is 259 g/mol. The van der Waals surface area contributed by atoms with Crippen LogP contribution >= 0.6 is 0 Å². The zero-order valence-electron chi connectivity index (χ0n) is 11.3. The molecule has 2 heterocycles. The van der Waals surface area contributed by atoms with Crippen molar-refractivity contribution in [2.75, 3.05) is 44.6 Å². The van der Waals surface area contributed by atoms with E-state index in [0.29, 0.717) is 11.7 Å². The van der Waals surface area contributed by atoms with Crippen molar-refractivity contribution in [1.29, 1.82) is 0 Å². The first-order valence-electron chi connectivity index (χ1n) is 6.98. The summed E-state index contributed by atoms with van der Waals surface area (Å²) in [6, 6.07) is 6.36. The molecule has 2 N–H and O–H groups in total. The van der Waals surface area contributed by atoms with Crippen molar-refractivity contribution in [2.45, 2.75) is 6.04 Å². The van der Waals surface area contributed by atoms with E-state index in [-0.39, 0.29) is 11.8 Å². The van der Waals surface area contributed by atoms with E-state index in [2.05, 4.69) is 15.5 Å². The van der Waals surface area contributed by atoms with Crippen molar-refractivity contribution in [1.82, 2.24) is 15.1 Å². The molecule has 0 aromatic heterocycles. The number of hydrogen-bond acceptors (Lipinski definition) is 3. The van der Waals surface area contributed by atoms with Crippen LogP contribution in [0.15, 0.2) is 24.3 Å². The van der Waals surface area contributed by atoms with Gasteiger partial charge in [0.05, 0.1) is 0 Å². The van der Waals surface area contributed by atoms with E-state index in [9.17, 15) is 9.18 Å². The minimum Gasteiger partial charge on any atom is -0.322 e. The maximum absolute atomic E-state index is 12.8. The van der Waals surface area contributed by atoms with Crippen molar-refractivity contribution < 1.29 is 9.18 Å².